The smallest absolute Gasteiger partial charge is 0.0383 e. The van der Waals surface area contributed by atoms with Gasteiger partial charge in [-0.05, 0) is 20.8 Å². The topological polar surface area (TPSA) is 120 Å². The first-order chi connectivity index (χ1) is 5.20. The molecule has 92 valence electrons. The summed E-state index contributed by atoms with van der Waals surface area (Å²) in [6.45, 7) is 2.92. The van der Waals surface area contributed by atoms with Crippen LogP contribution >= 0.6 is 0 Å². The Hall–Kier alpha value is -0.506. The third-order valence-corrected chi connectivity index (χ3v) is 0. The molecule has 20 radical (unpaired) electrons. The van der Waals surface area contributed by atoms with Gasteiger partial charge in [-0.3, -0.25) is 0 Å². The van der Waals surface area contributed by atoms with Gasteiger partial charge in [0.25, 0.3) is 0 Å². The van der Waals surface area contributed by atoms with Crippen LogP contribution in [0.2, 0.25) is 0 Å². The van der Waals surface area contributed by atoms with Crippen LogP contribution in [0.4, 0.5) is 0 Å². The zero-order valence-electron chi connectivity index (χ0n) is 9.45. The van der Waals surface area contributed by atoms with Gasteiger partial charge in [-0.15, -0.1) is 0 Å². The zero-order chi connectivity index (χ0) is 10.7. The number of hydrogen-bond donors (Lipinski definition) is 0. The number of rotatable bonds is 0. The Morgan fingerprint density at radius 1 is 0.529 bits per heavy atom. The minimum Gasteiger partial charge on any atom is -0.550 e. The van der Waals surface area contributed by atoms with E-state index in [1.165, 1.54) is 0 Å². The van der Waals surface area contributed by atoms with Crippen molar-refractivity contribution in [2.75, 3.05) is 0 Å². The molecule has 0 fully saturated rings. The number of carboxylic acid groups (broad SMARTS) is 3. The molecule has 0 saturated carbocycles. The Morgan fingerprint density at radius 3 is 0.529 bits per heavy atom. The van der Waals surface area contributed by atoms with Crippen LogP contribution in [0, 0.1) is 0 Å². The van der Waals surface area contributed by atoms with Crippen LogP contribution in [-0.4, -0.2) is 72.7 Å². The highest BCUT2D eigenvalue weighted by atomic mass is 28.1. The zero-order valence-corrected chi connectivity index (χ0v) is 14.4. The predicted molar refractivity (Wildman–Crippen MR) is 60.8 cm³/mol. The Labute approximate surface area is 123 Å². The fourth-order valence-corrected chi connectivity index (χ4v) is 0. The molecule has 17 heavy (non-hydrogen) atoms. The maximum atomic E-state index is 8.89. The van der Waals surface area contributed by atoms with Crippen molar-refractivity contribution in [2.24, 2.45) is 0 Å². The molecule has 0 spiro atoms. The number of carboxylic acids is 3. The van der Waals surface area contributed by atoms with Crippen molar-refractivity contribution < 1.29 is 29.7 Å². The number of aliphatic carboxylic acids is 3. The largest absolute Gasteiger partial charge is 0.550 e. The summed E-state index contributed by atoms with van der Waals surface area (Å²) < 4.78 is 0. The first-order valence-corrected chi connectivity index (χ1v) is 2.72. The van der Waals surface area contributed by atoms with Gasteiger partial charge in [0.15, 0.2) is 0 Å². The summed E-state index contributed by atoms with van der Waals surface area (Å²) in [5.41, 5.74) is 0. The van der Waals surface area contributed by atoms with Crippen LogP contribution < -0.4 is 15.3 Å². The first-order valence-electron chi connectivity index (χ1n) is 2.72. The summed E-state index contributed by atoms with van der Waals surface area (Å²) in [5, 5.41) is 26.7. The van der Waals surface area contributed by atoms with Gasteiger partial charge in [-0.2, -0.15) is 0 Å². The van der Waals surface area contributed by atoms with Crippen molar-refractivity contribution in [2.45, 2.75) is 20.8 Å². The quantitative estimate of drug-likeness (QED) is 0.411. The normalized spacial score (nSPS) is 4.41. The molecule has 0 rings (SSSR count). The predicted octanol–water partition coefficient (Wildman–Crippen LogP) is -5.64. The van der Waals surface area contributed by atoms with Crippen molar-refractivity contribution in [1.82, 2.24) is 0 Å². The van der Waals surface area contributed by atoms with Crippen molar-refractivity contribution >= 4 is 72.7 Å². The highest BCUT2D eigenvalue weighted by Crippen LogP contribution is 1.31. The fourth-order valence-electron chi connectivity index (χ4n) is 0. The maximum absolute atomic E-state index is 8.89. The molecule has 11 heteroatoms. The Balaban J connectivity index is -0.0000000104. The Kier molecular flexibility index (Phi) is 146. The second-order valence-electron chi connectivity index (χ2n) is 1.47. The van der Waals surface area contributed by atoms with Crippen molar-refractivity contribution in [3.8, 4) is 0 Å². The lowest BCUT2D eigenvalue weighted by atomic mass is 10.9. The van der Waals surface area contributed by atoms with Crippen molar-refractivity contribution in [3.05, 3.63) is 0 Å². The molecule has 0 N–H and O–H groups in total. The molecule has 0 aromatic heterocycles. The molecule has 0 aliphatic rings. The van der Waals surface area contributed by atoms with Crippen molar-refractivity contribution in [3.63, 3.8) is 0 Å². The van der Waals surface area contributed by atoms with Crippen molar-refractivity contribution in [1.29, 1.82) is 0 Å². The molecular formula is C6H9O6Si5-3. The molecule has 0 aromatic rings. The molecule has 0 aliphatic heterocycles. The summed E-state index contributed by atoms with van der Waals surface area (Å²) in [4.78, 5) is 26.7. The second kappa shape index (κ2) is 45.1. The number of carbonyl (C=O) groups excluding carboxylic acids is 3. The number of carbonyl (C=O) groups is 3. The van der Waals surface area contributed by atoms with Crippen LogP contribution in [0.5, 0.6) is 0 Å². The highest BCUT2D eigenvalue weighted by Gasteiger charge is 1.47. The minimum atomic E-state index is -1.08. The van der Waals surface area contributed by atoms with E-state index < -0.39 is 17.9 Å². The summed E-state index contributed by atoms with van der Waals surface area (Å²) in [7, 11) is 0. The summed E-state index contributed by atoms with van der Waals surface area (Å²) in [5.74, 6) is -3.25. The lowest BCUT2D eigenvalue weighted by molar-refractivity contribution is -0.303. The number of hydrogen-bond acceptors (Lipinski definition) is 6. The summed E-state index contributed by atoms with van der Waals surface area (Å²) in [6, 6.07) is 0. The van der Waals surface area contributed by atoms with E-state index in [1.54, 1.807) is 0 Å². The molecule has 0 aromatic carbocycles. The van der Waals surface area contributed by atoms with Gasteiger partial charge >= 0.3 is 0 Å². The van der Waals surface area contributed by atoms with Crippen LogP contribution in [0.15, 0.2) is 0 Å². The molecule has 6 nitrogen and oxygen atoms in total. The summed E-state index contributed by atoms with van der Waals surface area (Å²) >= 11 is 0. The lowest BCUT2D eigenvalue weighted by Gasteiger charge is -1.77. The fraction of sp³-hybridized carbons (Fsp3) is 0.500. The standard InChI is InChI=1S/3C2H4O2.5Si/c3*1-2(3)4;;;;;/h3*1H3,(H,3,4);;;;;/p-3. The molecule has 0 amide bonds. The Morgan fingerprint density at radius 2 is 0.529 bits per heavy atom. The average molecular weight is 318 g/mol. The van der Waals surface area contributed by atoms with Gasteiger partial charge in [0.1, 0.15) is 0 Å². The molecule has 0 aliphatic carbocycles. The van der Waals surface area contributed by atoms with Gasteiger partial charge in [-0.25, -0.2) is 0 Å². The van der Waals surface area contributed by atoms with E-state index in [1.807, 2.05) is 0 Å². The summed E-state index contributed by atoms with van der Waals surface area (Å²) in [6.07, 6.45) is 0. The average Bonchev–Trinajstić information content (AvgIpc) is 1.54. The van der Waals surface area contributed by atoms with Gasteiger partial charge < -0.3 is 29.7 Å². The van der Waals surface area contributed by atoms with Crippen LogP contribution in [-0.2, 0) is 14.4 Å². The van der Waals surface area contributed by atoms with E-state index in [9.17, 15) is 0 Å². The molecule has 0 atom stereocenters. The van der Waals surface area contributed by atoms with E-state index in [0.717, 1.165) is 20.8 Å². The SMILES string of the molecule is CC(=O)[O-].CC(=O)[O-].CC(=O)[O-].[Si].[Si].[Si].[Si].[Si]. The minimum absolute atomic E-state index is 0. The van der Waals surface area contributed by atoms with Crippen LogP contribution in [0.1, 0.15) is 20.8 Å². The first kappa shape index (κ1) is 54.9. The highest BCUT2D eigenvalue weighted by molar-refractivity contribution is 5.76. The van der Waals surface area contributed by atoms with Gasteiger partial charge in [0.2, 0.25) is 0 Å². The van der Waals surface area contributed by atoms with Gasteiger partial charge in [-0.1, -0.05) is 0 Å². The maximum Gasteiger partial charge on any atom is 0.0383 e. The Bertz CT molecular complexity index is 124. The van der Waals surface area contributed by atoms with E-state index >= 15 is 0 Å². The second-order valence-corrected chi connectivity index (χ2v) is 1.47. The van der Waals surface area contributed by atoms with E-state index in [0.29, 0.717) is 0 Å². The molecule has 0 heterocycles. The van der Waals surface area contributed by atoms with E-state index in [2.05, 4.69) is 0 Å². The van der Waals surface area contributed by atoms with Gasteiger partial charge in [0.05, 0.1) is 0 Å². The lowest BCUT2D eigenvalue weighted by Crippen LogP contribution is -2.16. The molecule has 0 saturated heterocycles. The van der Waals surface area contributed by atoms with Crippen LogP contribution in [0.3, 0.4) is 0 Å². The molecular weight excluding hydrogens is 308 g/mol. The van der Waals surface area contributed by atoms with Crippen LogP contribution in [0.25, 0.3) is 0 Å². The third kappa shape index (κ3) is 11000. The van der Waals surface area contributed by atoms with E-state index in [4.69, 9.17) is 29.7 Å². The molecule has 0 unspecified atom stereocenters. The van der Waals surface area contributed by atoms with E-state index in [-0.39, 0.29) is 54.8 Å². The third-order valence-electron chi connectivity index (χ3n) is 0. The van der Waals surface area contributed by atoms with Gasteiger partial charge in [0, 0.05) is 72.7 Å². The molecule has 0 bridgehead atoms. The monoisotopic (exact) mass is 317 g/mol.